The van der Waals surface area contributed by atoms with E-state index in [1.807, 2.05) is 25.2 Å². The molecule has 2 aromatic rings. The Bertz CT molecular complexity index is 487. The quantitative estimate of drug-likeness (QED) is 0.809. The third-order valence-corrected chi connectivity index (χ3v) is 2.69. The second-order valence-corrected chi connectivity index (χ2v) is 4.32. The number of halogens is 1. The Labute approximate surface area is 106 Å². The molecular formula is C14H16FN3. The lowest BCUT2D eigenvalue weighted by atomic mass is 10.2. The molecule has 0 radical (unpaired) electrons. The van der Waals surface area contributed by atoms with Gasteiger partial charge in [0.25, 0.3) is 0 Å². The summed E-state index contributed by atoms with van der Waals surface area (Å²) in [6, 6.07) is 7.42. The number of nitrogens with zero attached hydrogens (tertiary/aromatic N) is 3. The standard InChI is InChI=1S/C14H16FN3/c1-18(7-5-14-4-2-3-6-17-14)11-12-8-13(15)10-16-9-12/h2-4,6,8-10H,5,7,11H2,1H3. The van der Waals surface area contributed by atoms with Crippen LogP contribution in [0.25, 0.3) is 0 Å². The zero-order valence-electron chi connectivity index (χ0n) is 10.4. The first-order valence-electron chi connectivity index (χ1n) is 5.92. The van der Waals surface area contributed by atoms with Crippen LogP contribution in [0.2, 0.25) is 0 Å². The van der Waals surface area contributed by atoms with Crippen LogP contribution >= 0.6 is 0 Å². The van der Waals surface area contributed by atoms with Gasteiger partial charge in [-0.05, 0) is 30.8 Å². The van der Waals surface area contributed by atoms with Crippen LogP contribution in [0.4, 0.5) is 4.39 Å². The molecule has 2 aromatic heterocycles. The van der Waals surface area contributed by atoms with Gasteiger partial charge in [-0.3, -0.25) is 9.97 Å². The van der Waals surface area contributed by atoms with E-state index in [-0.39, 0.29) is 5.82 Å². The summed E-state index contributed by atoms with van der Waals surface area (Å²) in [5, 5.41) is 0. The van der Waals surface area contributed by atoms with Crippen LogP contribution in [0, 0.1) is 5.82 Å². The van der Waals surface area contributed by atoms with E-state index in [1.165, 1.54) is 12.3 Å². The molecule has 0 bridgehead atoms. The molecule has 0 aliphatic heterocycles. The predicted octanol–water partition coefficient (Wildman–Crippen LogP) is 2.29. The van der Waals surface area contributed by atoms with Crippen LogP contribution in [0.15, 0.2) is 42.9 Å². The molecule has 0 unspecified atom stereocenters. The molecule has 2 heterocycles. The fraction of sp³-hybridized carbons (Fsp3) is 0.286. The van der Waals surface area contributed by atoms with Gasteiger partial charge in [0, 0.05) is 37.6 Å². The lowest BCUT2D eigenvalue weighted by molar-refractivity contribution is 0.329. The lowest BCUT2D eigenvalue weighted by Gasteiger charge is -2.16. The van der Waals surface area contributed by atoms with Crippen molar-refractivity contribution in [3.63, 3.8) is 0 Å². The summed E-state index contributed by atoms with van der Waals surface area (Å²) < 4.78 is 13.0. The molecule has 4 heteroatoms. The van der Waals surface area contributed by atoms with Crippen molar-refractivity contribution in [3.8, 4) is 0 Å². The van der Waals surface area contributed by atoms with E-state index in [9.17, 15) is 4.39 Å². The number of likely N-dealkylation sites (N-methyl/N-ethyl adjacent to an activating group) is 1. The largest absolute Gasteiger partial charge is 0.302 e. The normalized spacial score (nSPS) is 10.8. The zero-order chi connectivity index (χ0) is 12.8. The molecule has 0 aliphatic carbocycles. The van der Waals surface area contributed by atoms with E-state index in [2.05, 4.69) is 14.9 Å². The SMILES string of the molecule is CN(CCc1ccccn1)Cc1cncc(F)c1. The Morgan fingerprint density at radius 2 is 2.17 bits per heavy atom. The average molecular weight is 245 g/mol. The molecular weight excluding hydrogens is 229 g/mol. The van der Waals surface area contributed by atoms with Gasteiger partial charge in [-0.25, -0.2) is 4.39 Å². The molecule has 0 fully saturated rings. The number of rotatable bonds is 5. The zero-order valence-corrected chi connectivity index (χ0v) is 10.4. The van der Waals surface area contributed by atoms with Gasteiger partial charge in [0.2, 0.25) is 0 Å². The summed E-state index contributed by atoms with van der Waals surface area (Å²) in [5.41, 5.74) is 1.96. The molecule has 2 rings (SSSR count). The Hall–Kier alpha value is -1.81. The molecule has 0 aromatic carbocycles. The summed E-state index contributed by atoms with van der Waals surface area (Å²) >= 11 is 0. The van der Waals surface area contributed by atoms with Gasteiger partial charge in [0.05, 0.1) is 6.20 Å². The van der Waals surface area contributed by atoms with Gasteiger partial charge < -0.3 is 4.90 Å². The minimum atomic E-state index is -0.286. The molecule has 0 N–H and O–H groups in total. The van der Waals surface area contributed by atoms with Crippen LogP contribution in [0.1, 0.15) is 11.3 Å². The fourth-order valence-corrected chi connectivity index (χ4v) is 1.78. The first-order chi connectivity index (χ1) is 8.74. The number of hydrogen-bond acceptors (Lipinski definition) is 3. The van der Waals surface area contributed by atoms with Gasteiger partial charge in [-0.2, -0.15) is 0 Å². The fourth-order valence-electron chi connectivity index (χ4n) is 1.78. The summed E-state index contributed by atoms with van der Waals surface area (Å²) in [7, 11) is 2.01. The highest BCUT2D eigenvalue weighted by Crippen LogP contribution is 2.05. The molecule has 0 saturated carbocycles. The van der Waals surface area contributed by atoms with Crippen molar-refractivity contribution < 1.29 is 4.39 Å². The van der Waals surface area contributed by atoms with Gasteiger partial charge >= 0.3 is 0 Å². The molecule has 0 atom stereocenters. The molecule has 94 valence electrons. The number of pyridine rings is 2. The van der Waals surface area contributed by atoms with Crippen molar-refractivity contribution in [1.29, 1.82) is 0 Å². The summed E-state index contributed by atoms with van der Waals surface area (Å²) in [6.07, 6.45) is 5.60. The molecule has 0 aliphatic rings. The average Bonchev–Trinajstić information content (AvgIpc) is 2.38. The number of hydrogen-bond donors (Lipinski definition) is 0. The Balaban J connectivity index is 1.84. The molecule has 0 spiro atoms. The van der Waals surface area contributed by atoms with E-state index >= 15 is 0 Å². The third-order valence-electron chi connectivity index (χ3n) is 2.69. The van der Waals surface area contributed by atoms with Crippen molar-refractivity contribution in [1.82, 2.24) is 14.9 Å². The van der Waals surface area contributed by atoms with Crippen molar-refractivity contribution in [2.45, 2.75) is 13.0 Å². The van der Waals surface area contributed by atoms with Gasteiger partial charge in [-0.15, -0.1) is 0 Å². The van der Waals surface area contributed by atoms with Crippen LogP contribution < -0.4 is 0 Å². The van der Waals surface area contributed by atoms with Crippen molar-refractivity contribution >= 4 is 0 Å². The topological polar surface area (TPSA) is 29.0 Å². The maximum atomic E-state index is 13.0. The van der Waals surface area contributed by atoms with Gasteiger partial charge in [0.15, 0.2) is 0 Å². The lowest BCUT2D eigenvalue weighted by Crippen LogP contribution is -2.21. The van der Waals surface area contributed by atoms with E-state index in [4.69, 9.17) is 0 Å². The van der Waals surface area contributed by atoms with Crippen LogP contribution in [0.5, 0.6) is 0 Å². The van der Waals surface area contributed by atoms with E-state index in [1.54, 1.807) is 12.4 Å². The van der Waals surface area contributed by atoms with E-state index in [0.717, 1.165) is 24.2 Å². The first-order valence-corrected chi connectivity index (χ1v) is 5.92. The van der Waals surface area contributed by atoms with Gasteiger partial charge in [0.1, 0.15) is 5.82 Å². The molecule has 3 nitrogen and oxygen atoms in total. The third kappa shape index (κ3) is 3.89. The van der Waals surface area contributed by atoms with Crippen molar-refractivity contribution in [2.75, 3.05) is 13.6 Å². The van der Waals surface area contributed by atoms with E-state index in [0.29, 0.717) is 6.54 Å². The summed E-state index contributed by atoms with van der Waals surface area (Å²) in [4.78, 5) is 10.2. The Morgan fingerprint density at radius 1 is 1.28 bits per heavy atom. The second kappa shape index (κ2) is 6.21. The van der Waals surface area contributed by atoms with E-state index < -0.39 is 0 Å². The Kier molecular flexibility index (Phi) is 4.36. The highest BCUT2D eigenvalue weighted by molar-refractivity contribution is 5.10. The maximum absolute atomic E-state index is 13.0. The minimum Gasteiger partial charge on any atom is -0.302 e. The minimum absolute atomic E-state index is 0.286. The number of aromatic nitrogens is 2. The van der Waals surface area contributed by atoms with Gasteiger partial charge in [-0.1, -0.05) is 6.07 Å². The van der Waals surface area contributed by atoms with Crippen molar-refractivity contribution in [3.05, 3.63) is 59.9 Å². The van der Waals surface area contributed by atoms with Crippen LogP contribution in [-0.4, -0.2) is 28.5 Å². The highest BCUT2D eigenvalue weighted by Gasteiger charge is 2.03. The summed E-state index contributed by atoms with van der Waals surface area (Å²) in [6.45, 7) is 1.57. The molecule has 18 heavy (non-hydrogen) atoms. The molecule has 0 saturated heterocycles. The van der Waals surface area contributed by atoms with Crippen molar-refractivity contribution in [2.24, 2.45) is 0 Å². The maximum Gasteiger partial charge on any atom is 0.141 e. The smallest absolute Gasteiger partial charge is 0.141 e. The monoisotopic (exact) mass is 245 g/mol. The second-order valence-electron chi connectivity index (χ2n) is 4.32. The van der Waals surface area contributed by atoms with Crippen LogP contribution in [0.3, 0.4) is 0 Å². The molecule has 0 amide bonds. The predicted molar refractivity (Wildman–Crippen MR) is 68.5 cm³/mol. The summed E-state index contributed by atoms with van der Waals surface area (Å²) in [5.74, 6) is -0.286. The highest BCUT2D eigenvalue weighted by atomic mass is 19.1. The first kappa shape index (κ1) is 12.6. The van der Waals surface area contributed by atoms with Crippen LogP contribution in [-0.2, 0) is 13.0 Å². The Morgan fingerprint density at radius 3 is 2.89 bits per heavy atom.